The average Bonchev–Trinajstić information content (AvgIpc) is 2.34. The van der Waals surface area contributed by atoms with Crippen LogP contribution in [-0.4, -0.2) is 22.7 Å². The van der Waals surface area contributed by atoms with Crippen molar-refractivity contribution < 1.29 is 21.6 Å². The van der Waals surface area contributed by atoms with Crippen LogP contribution in [0.15, 0.2) is 40.1 Å². The topological polar surface area (TPSA) is 97.4 Å². The number of halogens is 2. The van der Waals surface area contributed by atoms with Gasteiger partial charge < -0.3 is 5.32 Å². The molecule has 0 aliphatic heterocycles. The maximum atomic E-state index is 11.7. The minimum Gasteiger partial charge on any atom is -0.326 e. The Kier molecular flexibility index (Phi) is 4.40. The normalized spacial score (nSPS) is 12.3. The van der Waals surface area contributed by atoms with Crippen LogP contribution in [0.2, 0.25) is 0 Å². The van der Waals surface area contributed by atoms with Crippen molar-refractivity contribution in [1.82, 2.24) is 0 Å². The predicted octanol–water partition coefficient (Wildman–Crippen LogP) is 2.65. The number of amides is 1. The minimum absolute atomic E-state index is 0.172. The molecule has 0 radical (unpaired) electrons. The highest BCUT2D eigenvalue weighted by molar-refractivity contribution is 8.14. The first-order chi connectivity index (χ1) is 9.98. The van der Waals surface area contributed by atoms with Gasteiger partial charge in [-0.1, -0.05) is 6.07 Å². The molecule has 0 heterocycles. The number of carbonyl (C=O) groups is 1. The van der Waals surface area contributed by atoms with Crippen LogP contribution in [0.4, 0.5) is 5.69 Å². The Bertz CT molecular complexity index is 984. The van der Waals surface area contributed by atoms with E-state index in [0.717, 1.165) is 6.07 Å². The molecule has 0 saturated heterocycles. The standard InChI is InChI=1S/C12H9Cl2NO5S2/c1-7(16)15-9-3-2-8-4-10(21(13,17)18)6-12(11(8)5-9)22(14,19)20/h2-6H,1H3,(H,15,16). The molecule has 10 heteroatoms. The van der Waals surface area contributed by atoms with Gasteiger partial charge in [-0.2, -0.15) is 0 Å². The Hall–Kier alpha value is -1.35. The van der Waals surface area contributed by atoms with E-state index >= 15 is 0 Å². The Labute approximate surface area is 135 Å². The molecule has 2 rings (SSSR count). The van der Waals surface area contributed by atoms with E-state index in [1.165, 1.54) is 31.2 Å². The fourth-order valence-corrected chi connectivity index (χ4v) is 3.88. The van der Waals surface area contributed by atoms with E-state index in [4.69, 9.17) is 21.4 Å². The summed E-state index contributed by atoms with van der Waals surface area (Å²) in [5, 5.41) is 2.97. The number of rotatable bonds is 3. The van der Waals surface area contributed by atoms with Crippen LogP contribution in [0.1, 0.15) is 6.92 Å². The van der Waals surface area contributed by atoms with Crippen molar-refractivity contribution in [3.63, 3.8) is 0 Å². The molecule has 2 aromatic carbocycles. The summed E-state index contributed by atoms with van der Waals surface area (Å²) in [7, 11) is 2.28. The summed E-state index contributed by atoms with van der Waals surface area (Å²) in [6, 6.07) is 6.44. The van der Waals surface area contributed by atoms with E-state index in [1.807, 2.05) is 0 Å². The van der Waals surface area contributed by atoms with Gasteiger partial charge in [0, 0.05) is 39.4 Å². The van der Waals surface area contributed by atoms with Gasteiger partial charge in [0.15, 0.2) is 0 Å². The second-order valence-electron chi connectivity index (χ2n) is 4.41. The highest BCUT2D eigenvalue weighted by atomic mass is 35.7. The fraction of sp³-hybridized carbons (Fsp3) is 0.0833. The number of carbonyl (C=O) groups excluding carboxylic acids is 1. The zero-order chi connectivity index (χ0) is 16.7. The van der Waals surface area contributed by atoms with Gasteiger partial charge >= 0.3 is 0 Å². The van der Waals surface area contributed by atoms with Crippen LogP contribution in [0, 0.1) is 0 Å². The Balaban J connectivity index is 2.86. The molecule has 2 aromatic rings. The highest BCUT2D eigenvalue weighted by Crippen LogP contribution is 2.32. The van der Waals surface area contributed by atoms with Gasteiger partial charge in [-0.05, 0) is 29.7 Å². The van der Waals surface area contributed by atoms with Gasteiger partial charge in [0.1, 0.15) is 0 Å². The molecule has 0 aliphatic rings. The summed E-state index contributed by atoms with van der Waals surface area (Å²) in [4.78, 5) is 10.3. The van der Waals surface area contributed by atoms with Crippen molar-refractivity contribution >= 4 is 61.8 Å². The molecule has 0 fully saturated rings. The number of hydrogen-bond acceptors (Lipinski definition) is 5. The first-order valence-corrected chi connectivity index (χ1v) is 10.3. The number of hydrogen-bond donors (Lipinski definition) is 1. The second kappa shape index (κ2) is 5.69. The maximum absolute atomic E-state index is 11.7. The zero-order valence-electron chi connectivity index (χ0n) is 11.0. The lowest BCUT2D eigenvalue weighted by molar-refractivity contribution is -0.114. The predicted molar refractivity (Wildman–Crippen MR) is 84.3 cm³/mol. The van der Waals surface area contributed by atoms with Gasteiger partial charge in [-0.3, -0.25) is 4.79 Å². The molecule has 22 heavy (non-hydrogen) atoms. The van der Waals surface area contributed by atoms with Crippen LogP contribution in [0.25, 0.3) is 10.8 Å². The third kappa shape index (κ3) is 3.70. The lowest BCUT2D eigenvalue weighted by atomic mass is 10.1. The van der Waals surface area contributed by atoms with Crippen molar-refractivity contribution in [1.29, 1.82) is 0 Å². The van der Waals surface area contributed by atoms with Crippen molar-refractivity contribution in [3.8, 4) is 0 Å². The molecule has 1 amide bonds. The fourth-order valence-electron chi connectivity index (χ4n) is 1.92. The smallest absolute Gasteiger partial charge is 0.261 e. The van der Waals surface area contributed by atoms with Gasteiger partial charge in [0.05, 0.1) is 9.79 Å². The maximum Gasteiger partial charge on any atom is 0.261 e. The molecule has 0 aliphatic carbocycles. The molecular weight excluding hydrogens is 373 g/mol. The van der Waals surface area contributed by atoms with Crippen molar-refractivity contribution in [3.05, 3.63) is 30.3 Å². The largest absolute Gasteiger partial charge is 0.326 e. The summed E-state index contributed by atoms with van der Waals surface area (Å²) >= 11 is 0. The van der Waals surface area contributed by atoms with Crippen LogP contribution in [0.5, 0.6) is 0 Å². The van der Waals surface area contributed by atoms with E-state index in [9.17, 15) is 21.6 Å². The number of nitrogens with one attached hydrogen (secondary N) is 1. The van der Waals surface area contributed by atoms with Gasteiger partial charge in [0.2, 0.25) is 5.91 Å². The van der Waals surface area contributed by atoms with Crippen LogP contribution in [-0.2, 0) is 22.9 Å². The number of fused-ring (bicyclic) bond motifs is 1. The molecular formula is C12H9Cl2NO5S2. The van der Waals surface area contributed by atoms with Crippen molar-refractivity contribution in [2.75, 3.05) is 5.32 Å². The van der Waals surface area contributed by atoms with Crippen LogP contribution < -0.4 is 5.32 Å². The molecule has 0 atom stereocenters. The quantitative estimate of drug-likeness (QED) is 0.824. The lowest BCUT2D eigenvalue weighted by Crippen LogP contribution is -2.06. The molecule has 118 valence electrons. The molecule has 0 spiro atoms. The monoisotopic (exact) mass is 381 g/mol. The molecule has 0 saturated carbocycles. The van der Waals surface area contributed by atoms with E-state index in [-0.39, 0.29) is 16.2 Å². The molecule has 0 unspecified atom stereocenters. The lowest BCUT2D eigenvalue weighted by Gasteiger charge is -2.09. The van der Waals surface area contributed by atoms with Crippen LogP contribution in [0.3, 0.4) is 0 Å². The summed E-state index contributed by atoms with van der Waals surface area (Å²) in [5.41, 5.74) is 0.350. The third-order valence-corrected chi connectivity index (χ3v) is 5.45. The molecule has 0 aromatic heterocycles. The highest BCUT2D eigenvalue weighted by Gasteiger charge is 2.20. The Morgan fingerprint density at radius 1 is 1.00 bits per heavy atom. The second-order valence-corrected chi connectivity index (χ2v) is 9.51. The van der Waals surface area contributed by atoms with Crippen molar-refractivity contribution in [2.45, 2.75) is 16.7 Å². The Morgan fingerprint density at radius 2 is 1.64 bits per heavy atom. The third-order valence-electron chi connectivity index (χ3n) is 2.75. The first-order valence-electron chi connectivity index (χ1n) is 5.73. The van der Waals surface area contributed by atoms with Crippen molar-refractivity contribution in [2.24, 2.45) is 0 Å². The molecule has 6 nitrogen and oxygen atoms in total. The van der Waals surface area contributed by atoms with Gasteiger partial charge in [-0.25, -0.2) is 16.8 Å². The van der Waals surface area contributed by atoms with Crippen LogP contribution >= 0.6 is 21.4 Å². The summed E-state index contributed by atoms with van der Waals surface area (Å²) in [5.74, 6) is -0.338. The summed E-state index contributed by atoms with van der Waals surface area (Å²) < 4.78 is 46.3. The molecule has 0 bridgehead atoms. The number of anilines is 1. The van der Waals surface area contributed by atoms with E-state index in [0.29, 0.717) is 11.1 Å². The SMILES string of the molecule is CC(=O)Nc1ccc2cc(S(=O)(=O)Cl)cc(S(=O)(=O)Cl)c2c1. The van der Waals surface area contributed by atoms with Gasteiger partial charge in [0.25, 0.3) is 18.1 Å². The average molecular weight is 382 g/mol. The molecule has 1 N–H and O–H groups in total. The van der Waals surface area contributed by atoms with Gasteiger partial charge in [-0.15, -0.1) is 0 Å². The van der Waals surface area contributed by atoms with E-state index in [2.05, 4.69) is 5.32 Å². The summed E-state index contributed by atoms with van der Waals surface area (Å²) in [6.45, 7) is 1.30. The Morgan fingerprint density at radius 3 is 2.14 bits per heavy atom. The van der Waals surface area contributed by atoms with E-state index < -0.39 is 23.0 Å². The minimum atomic E-state index is -4.22. The summed E-state index contributed by atoms with van der Waals surface area (Å²) in [6.07, 6.45) is 0. The van der Waals surface area contributed by atoms with E-state index in [1.54, 1.807) is 0 Å². The zero-order valence-corrected chi connectivity index (χ0v) is 14.1. The first kappa shape index (κ1) is 17.0. The number of benzene rings is 2.